The van der Waals surface area contributed by atoms with Crippen molar-refractivity contribution in [3.05, 3.63) is 41.2 Å². The minimum absolute atomic E-state index is 0.159. The molecule has 0 unspecified atom stereocenters. The van der Waals surface area contributed by atoms with E-state index in [0.717, 1.165) is 0 Å². The molecule has 0 bridgehead atoms. The predicted octanol–water partition coefficient (Wildman–Crippen LogP) is 0.455. The van der Waals surface area contributed by atoms with E-state index in [2.05, 4.69) is 15.4 Å². The maximum atomic E-state index is 11.3. The second-order valence-corrected chi connectivity index (χ2v) is 2.82. The highest BCUT2D eigenvalue weighted by molar-refractivity contribution is 5.47. The maximum Gasteiger partial charge on any atom is 0.295 e. The summed E-state index contributed by atoms with van der Waals surface area (Å²) in [6, 6.07) is 3.71. The van der Waals surface area contributed by atoms with Crippen molar-refractivity contribution in [2.75, 3.05) is 12.5 Å². The van der Waals surface area contributed by atoms with Crippen molar-refractivity contribution < 1.29 is 4.74 Å². The molecule has 15 heavy (non-hydrogen) atoms. The molecule has 0 spiro atoms. The van der Waals surface area contributed by atoms with Gasteiger partial charge in [-0.05, 0) is 12.1 Å². The lowest BCUT2D eigenvalue weighted by Gasteiger charge is -2.08. The van der Waals surface area contributed by atoms with Crippen LogP contribution in [0.2, 0.25) is 0 Å². The van der Waals surface area contributed by atoms with Gasteiger partial charge in [-0.3, -0.25) is 14.9 Å². The number of nitrogens with one attached hydrogen (secondary N) is 2. The van der Waals surface area contributed by atoms with Crippen molar-refractivity contribution in [3.8, 4) is 5.75 Å². The Balaban J connectivity index is 2.36. The Hall–Kier alpha value is -2.24. The van der Waals surface area contributed by atoms with Crippen molar-refractivity contribution in [3.63, 3.8) is 0 Å². The highest BCUT2D eigenvalue weighted by Gasteiger charge is 2.07. The Kier molecular flexibility index (Phi) is 2.40. The summed E-state index contributed by atoms with van der Waals surface area (Å²) in [6.45, 7) is 0. The first-order valence-electron chi connectivity index (χ1n) is 4.33. The fraction of sp³-hybridized carbons (Fsp3) is 0.111. The number of rotatable bonds is 3. The lowest BCUT2D eigenvalue weighted by Crippen LogP contribution is -2.16. The summed E-state index contributed by atoms with van der Waals surface area (Å²) in [6.07, 6.45) is 4.90. The van der Waals surface area contributed by atoms with Crippen LogP contribution >= 0.6 is 0 Å². The van der Waals surface area contributed by atoms with Gasteiger partial charge in [0.05, 0.1) is 13.4 Å². The van der Waals surface area contributed by atoms with Gasteiger partial charge in [-0.2, -0.15) is 0 Å². The van der Waals surface area contributed by atoms with Crippen molar-refractivity contribution >= 4 is 5.82 Å². The molecule has 2 N–H and O–H groups in total. The lowest BCUT2D eigenvalue weighted by molar-refractivity contribution is 0.407. The monoisotopic (exact) mass is 206 g/mol. The molecule has 0 radical (unpaired) electrons. The van der Waals surface area contributed by atoms with E-state index < -0.39 is 0 Å². The van der Waals surface area contributed by atoms with E-state index in [1.165, 1.54) is 13.4 Å². The van der Waals surface area contributed by atoms with Crippen LogP contribution in [0.5, 0.6) is 5.75 Å². The molecule has 2 aromatic rings. The number of aromatic amines is 1. The first kappa shape index (κ1) is 9.32. The largest absolute Gasteiger partial charge is 0.488 e. The third kappa shape index (κ3) is 1.83. The van der Waals surface area contributed by atoms with Crippen molar-refractivity contribution in [2.45, 2.75) is 0 Å². The summed E-state index contributed by atoms with van der Waals surface area (Å²) in [4.78, 5) is 17.7. The van der Waals surface area contributed by atoms with Crippen molar-refractivity contribution in [1.82, 2.24) is 14.6 Å². The molecule has 78 valence electrons. The summed E-state index contributed by atoms with van der Waals surface area (Å²) in [5.74, 6) is 0.531. The Bertz CT molecular complexity index is 489. The number of H-pyrrole nitrogens is 1. The van der Waals surface area contributed by atoms with Gasteiger partial charge in [-0.15, -0.1) is 0 Å². The van der Waals surface area contributed by atoms with Gasteiger partial charge in [0, 0.05) is 12.4 Å². The number of aromatic nitrogens is 3. The van der Waals surface area contributed by atoms with Crippen molar-refractivity contribution in [1.29, 1.82) is 0 Å². The minimum atomic E-state index is -0.317. The summed E-state index contributed by atoms with van der Waals surface area (Å²) in [5.41, 5.74) is 2.59. The molecule has 6 nitrogen and oxygen atoms in total. The molecule has 0 aliphatic rings. The van der Waals surface area contributed by atoms with Crippen LogP contribution < -0.4 is 15.7 Å². The quantitative estimate of drug-likeness (QED) is 0.765. The summed E-state index contributed by atoms with van der Waals surface area (Å²) in [7, 11) is 1.42. The number of methoxy groups -OCH3 is 1. The van der Waals surface area contributed by atoms with Gasteiger partial charge >= 0.3 is 0 Å². The van der Waals surface area contributed by atoms with Gasteiger partial charge < -0.3 is 9.72 Å². The molecular formula is C9H10N4O2. The second kappa shape index (κ2) is 3.87. The van der Waals surface area contributed by atoms with Crippen LogP contribution in [-0.4, -0.2) is 21.8 Å². The number of anilines is 1. The van der Waals surface area contributed by atoms with Gasteiger partial charge in [0.15, 0.2) is 5.82 Å². The van der Waals surface area contributed by atoms with E-state index in [0.29, 0.717) is 5.82 Å². The van der Waals surface area contributed by atoms with Crippen molar-refractivity contribution in [2.24, 2.45) is 0 Å². The molecule has 2 heterocycles. The van der Waals surface area contributed by atoms with Crippen LogP contribution in [0.15, 0.2) is 35.6 Å². The molecule has 0 aliphatic heterocycles. The van der Waals surface area contributed by atoms with Gasteiger partial charge in [0.25, 0.3) is 5.56 Å². The minimum Gasteiger partial charge on any atom is -0.488 e. The first-order chi connectivity index (χ1) is 7.31. The molecule has 2 aromatic heterocycles. The number of hydrogen-bond acceptors (Lipinski definition) is 4. The molecule has 0 amide bonds. The Morgan fingerprint density at radius 3 is 2.87 bits per heavy atom. The molecule has 0 atom stereocenters. The van der Waals surface area contributed by atoms with Crippen LogP contribution in [0.3, 0.4) is 0 Å². The summed E-state index contributed by atoms with van der Waals surface area (Å²) in [5, 5.41) is 0. The highest BCUT2D eigenvalue weighted by atomic mass is 16.5. The van der Waals surface area contributed by atoms with E-state index in [1.54, 1.807) is 17.1 Å². The molecule has 0 aliphatic carbocycles. The van der Waals surface area contributed by atoms with E-state index in [9.17, 15) is 4.79 Å². The molecule has 2 rings (SSSR count). The van der Waals surface area contributed by atoms with E-state index in [4.69, 9.17) is 4.74 Å². The van der Waals surface area contributed by atoms with Crippen LogP contribution in [0.25, 0.3) is 0 Å². The van der Waals surface area contributed by atoms with Crippen LogP contribution in [-0.2, 0) is 0 Å². The van der Waals surface area contributed by atoms with Gasteiger partial charge in [0.1, 0.15) is 0 Å². The summed E-state index contributed by atoms with van der Waals surface area (Å²) >= 11 is 0. The van der Waals surface area contributed by atoms with Crippen LogP contribution in [0, 0.1) is 0 Å². The third-order valence-electron chi connectivity index (χ3n) is 1.85. The molecule has 0 saturated heterocycles. The SMILES string of the molecule is COc1c(Nn2cccc2)nc[nH]c1=O. The zero-order valence-corrected chi connectivity index (χ0v) is 8.10. The zero-order valence-electron chi connectivity index (χ0n) is 8.10. The smallest absolute Gasteiger partial charge is 0.295 e. The maximum absolute atomic E-state index is 11.3. The number of nitrogens with zero attached hydrogens (tertiary/aromatic N) is 2. The fourth-order valence-electron chi connectivity index (χ4n) is 1.19. The number of ether oxygens (including phenoxy) is 1. The Morgan fingerprint density at radius 2 is 2.20 bits per heavy atom. The summed E-state index contributed by atoms with van der Waals surface area (Å²) < 4.78 is 6.61. The number of hydrogen-bond donors (Lipinski definition) is 2. The third-order valence-corrected chi connectivity index (χ3v) is 1.85. The lowest BCUT2D eigenvalue weighted by atomic mass is 10.5. The fourth-order valence-corrected chi connectivity index (χ4v) is 1.19. The average Bonchev–Trinajstić information content (AvgIpc) is 2.71. The van der Waals surface area contributed by atoms with Gasteiger partial charge in [0.2, 0.25) is 5.75 Å². The average molecular weight is 206 g/mol. The Labute approximate surface area is 85.5 Å². The normalized spacial score (nSPS) is 9.93. The van der Waals surface area contributed by atoms with Crippen LogP contribution in [0.1, 0.15) is 0 Å². The predicted molar refractivity (Wildman–Crippen MR) is 54.9 cm³/mol. The van der Waals surface area contributed by atoms with Gasteiger partial charge in [-0.25, -0.2) is 4.98 Å². The van der Waals surface area contributed by atoms with E-state index >= 15 is 0 Å². The first-order valence-corrected chi connectivity index (χ1v) is 4.33. The second-order valence-electron chi connectivity index (χ2n) is 2.82. The molecule has 6 heteroatoms. The van der Waals surface area contributed by atoms with E-state index in [-0.39, 0.29) is 11.3 Å². The van der Waals surface area contributed by atoms with Gasteiger partial charge in [-0.1, -0.05) is 0 Å². The molecular weight excluding hydrogens is 196 g/mol. The standard InChI is InChI=1S/C9H10N4O2/c1-15-7-8(10-6-11-9(7)14)12-13-4-2-3-5-13/h2-6H,1H3,(H2,10,11,12,14). The Morgan fingerprint density at radius 1 is 1.47 bits per heavy atom. The molecule has 0 aromatic carbocycles. The van der Waals surface area contributed by atoms with E-state index in [1.807, 2.05) is 12.1 Å². The molecule has 0 saturated carbocycles. The zero-order chi connectivity index (χ0) is 10.7. The molecule has 0 fully saturated rings. The highest BCUT2D eigenvalue weighted by Crippen LogP contribution is 2.14. The van der Waals surface area contributed by atoms with Crippen LogP contribution in [0.4, 0.5) is 5.82 Å². The topological polar surface area (TPSA) is 71.9 Å².